The van der Waals surface area contributed by atoms with E-state index in [1.807, 2.05) is 6.07 Å². The van der Waals surface area contributed by atoms with Gasteiger partial charge < -0.3 is 25.7 Å². The highest BCUT2D eigenvalue weighted by Gasteiger charge is 2.31. The number of nitrogens with zero attached hydrogens (tertiary/aromatic N) is 2. The van der Waals surface area contributed by atoms with E-state index >= 15 is 0 Å². The molecule has 41 heavy (non-hydrogen) atoms. The van der Waals surface area contributed by atoms with Gasteiger partial charge in [-0.2, -0.15) is 13.2 Å². The number of aromatic nitrogens is 2. The molecule has 4 N–H and O–H groups in total. The summed E-state index contributed by atoms with van der Waals surface area (Å²) < 4.78 is 44.6. The smallest absolute Gasteiger partial charge is 0.382 e. The highest BCUT2D eigenvalue weighted by Crippen LogP contribution is 2.30. The van der Waals surface area contributed by atoms with Gasteiger partial charge in [-0.25, -0.2) is 4.98 Å². The Morgan fingerprint density at radius 2 is 1.85 bits per heavy atom. The van der Waals surface area contributed by atoms with Crippen molar-refractivity contribution in [2.45, 2.75) is 13.1 Å². The van der Waals surface area contributed by atoms with Crippen LogP contribution in [0.4, 0.5) is 30.2 Å². The Hall–Kier alpha value is -4.42. The van der Waals surface area contributed by atoms with Crippen molar-refractivity contribution in [1.82, 2.24) is 14.9 Å². The fourth-order valence-corrected chi connectivity index (χ4v) is 4.60. The summed E-state index contributed by atoms with van der Waals surface area (Å²) in [5.41, 5.74) is 2.07. The van der Waals surface area contributed by atoms with Gasteiger partial charge in [0.2, 0.25) is 0 Å². The van der Waals surface area contributed by atoms with Gasteiger partial charge in [0, 0.05) is 60.9 Å². The number of hydrogen-bond donors (Lipinski definition) is 4. The molecule has 0 unspecified atom stereocenters. The van der Waals surface area contributed by atoms with Gasteiger partial charge >= 0.3 is 6.18 Å². The first-order chi connectivity index (χ1) is 19.7. The number of rotatable bonds is 8. The lowest BCUT2D eigenvalue weighted by molar-refractivity contribution is -0.137. The lowest BCUT2D eigenvalue weighted by Gasteiger charge is -2.26. The topological polar surface area (TPSA) is 111 Å². The molecule has 12 heteroatoms. The summed E-state index contributed by atoms with van der Waals surface area (Å²) >= 11 is 0. The number of hydrogen-bond acceptors (Lipinski definition) is 6. The predicted octanol–water partition coefficient (Wildman–Crippen LogP) is 5.14. The number of carbonyl (C=O) groups is 2. The average molecular weight is 567 g/mol. The van der Waals surface area contributed by atoms with E-state index in [0.29, 0.717) is 48.0 Å². The number of anilines is 3. The van der Waals surface area contributed by atoms with E-state index in [9.17, 15) is 22.8 Å². The molecule has 214 valence electrons. The fraction of sp³-hybridized carbons (Fsp3) is 0.276. The number of carbonyl (C=O) groups excluding carboxylic acids is 2. The van der Waals surface area contributed by atoms with Gasteiger partial charge in [-0.15, -0.1) is 0 Å². The second kappa shape index (κ2) is 12.0. The van der Waals surface area contributed by atoms with Gasteiger partial charge in [-0.1, -0.05) is 12.1 Å². The van der Waals surface area contributed by atoms with Gasteiger partial charge in [-0.05, 0) is 48.9 Å². The summed E-state index contributed by atoms with van der Waals surface area (Å²) in [6.45, 7) is 6.29. The number of morpholine rings is 1. The molecular formula is C29H29F3N6O3. The van der Waals surface area contributed by atoms with Crippen LogP contribution in [-0.4, -0.2) is 66.1 Å². The average Bonchev–Trinajstić information content (AvgIpc) is 3.44. The molecule has 0 aliphatic carbocycles. The molecule has 0 saturated carbocycles. The first-order valence-corrected chi connectivity index (χ1v) is 13.1. The standard InChI is InChI=1S/C29H29F3N6O3/c1-18-5-6-21(36-27(39)19-3-2-4-20(15-19)29(30,31)32)16-24(18)37-28(40)23-17-35-26-22(7-8-34-26)25(23)33-9-10-38-11-13-41-14-12-38/h2-8,15-17H,9-14H2,1H3,(H,36,39)(H,37,40)(H2,33,34,35). The largest absolute Gasteiger partial charge is 0.416 e. The first kappa shape index (κ1) is 28.1. The zero-order valence-electron chi connectivity index (χ0n) is 22.3. The number of ether oxygens (including phenoxy) is 1. The molecule has 1 aliphatic rings. The molecule has 2 aromatic heterocycles. The minimum Gasteiger partial charge on any atom is -0.382 e. The maximum Gasteiger partial charge on any atom is 0.416 e. The Bertz CT molecular complexity index is 1560. The summed E-state index contributed by atoms with van der Waals surface area (Å²) in [6.07, 6.45) is -1.31. The van der Waals surface area contributed by atoms with Crippen molar-refractivity contribution >= 4 is 39.9 Å². The van der Waals surface area contributed by atoms with Crippen LogP contribution in [-0.2, 0) is 10.9 Å². The first-order valence-electron chi connectivity index (χ1n) is 13.1. The maximum absolute atomic E-state index is 13.5. The van der Waals surface area contributed by atoms with E-state index in [2.05, 4.69) is 30.8 Å². The van der Waals surface area contributed by atoms with Crippen LogP contribution in [0.2, 0.25) is 0 Å². The van der Waals surface area contributed by atoms with Gasteiger partial charge in [0.05, 0.1) is 30.0 Å². The molecule has 2 aromatic carbocycles. The number of aromatic amines is 1. The molecule has 2 amide bonds. The van der Waals surface area contributed by atoms with Crippen LogP contribution in [0.3, 0.4) is 0 Å². The number of amides is 2. The van der Waals surface area contributed by atoms with Gasteiger partial charge in [-0.3, -0.25) is 14.5 Å². The predicted molar refractivity (Wildman–Crippen MR) is 150 cm³/mol. The highest BCUT2D eigenvalue weighted by atomic mass is 19.4. The van der Waals surface area contributed by atoms with E-state index < -0.39 is 23.6 Å². The third kappa shape index (κ3) is 6.67. The van der Waals surface area contributed by atoms with E-state index in [-0.39, 0.29) is 5.56 Å². The van der Waals surface area contributed by atoms with Crippen molar-refractivity contribution in [3.05, 3.63) is 83.2 Å². The molecule has 4 aromatic rings. The SMILES string of the molecule is Cc1ccc(NC(=O)c2cccc(C(F)(F)F)c2)cc1NC(=O)c1cnc2[nH]ccc2c1NCCN1CCOCC1. The minimum absolute atomic E-state index is 0.135. The van der Waals surface area contributed by atoms with Crippen molar-refractivity contribution in [3.8, 4) is 0 Å². The number of fused-ring (bicyclic) bond motifs is 1. The highest BCUT2D eigenvalue weighted by molar-refractivity contribution is 6.12. The van der Waals surface area contributed by atoms with E-state index in [1.54, 1.807) is 31.3 Å². The maximum atomic E-state index is 13.5. The normalized spacial score (nSPS) is 14.1. The zero-order valence-corrected chi connectivity index (χ0v) is 22.3. The lowest BCUT2D eigenvalue weighted by Crippen LogP contribution is -2.39. The molecule has 0 spiro atoms. The molecular weight excluding hydrogens is 537 g/mol. The number of halogens is 3. The van der Waals surface area contributed by atoms with Crippen molar-refractivity contribution in [2.24, 2.45) is 0 Å². The summed E-state index contributed by atoms with van der Waals surface area (Å²) in [5.74, 6) is -1.11. The number of aryl methyl sites for hydroxylation is 1. The van der Waals surface area contributed by atoms with Gasteiger partial charge in [0.1, 0.15) is 5.65 Å². The van der Waals surface area contributed by atoms with Crippen LogP contribution in [0.1, 0.15) is 31.8 Å². The monoisotopic (exact) mass is 566 g/mol. The second-order valence-electron chi connectivity index (χ2n) is 9.68. The Balaban J connectivity index is 1.32. The van der Waals surface area contributed by atoms with Gasteiger partial charge in [0.15, 0.2) is 0 Å². The molecule has 1 fully saturated rings. The van der Waals surface area contributed by atoms with Crippen molar-refractivity contribution in [2.75, 3.05) is 55.3 Å². The number of alkyl halides is 3. The molecule has 5 rings (SSSR count). The summed E-state index contributed by atoms with van der Waals surface area (Å²) in [6, 6.07) is 10.9. The number of nitrogens with one attached hydrogen (secondary N) is 4. The second-order valence-corrected chi connectivity index (χ2v) is 9.68. The summed E-state index contributed by atoms with van der Waals surface area (Å²) in [7, 11) is 0. The van der Waals surface area contributed by atoms with Crippen molar-refractivity contribution in [3.63, 3.8) is 0 Å². The molecule has 9 nitrogen and oxygen atoms in total. The van der Waals surface area contributed by atoms with E-state index in [1.165, 1.54) is 18.3 Å². The lowest BCUT2D eigenvalue weighted by atomic mass is 10.1. The Morgan fingerprint density at radius 3 is 2.63 bits per heavy atom. The van der Waals surface area contributed by atoms with Crippen molar-refractivity contribution < 1.29 is 27.5 Å². The fourth-order valence-electron chi connectivity index (χ4n) is 4.60. The quantitative estimate of drug-likeness (QED) is 0.235. The molecule has 0 radical (unpaired) electrons. The molecule has 1 aliphatic heterocycles. The Labute approximate surface area is 234 Å². The van der Waals surface area contributed by atoms with E-state index in [0.717, 1.165) is 42.7 Å². The van der Waals surface area contributed by atoms with Crippen molar-refractivity contribution in [1.29, 1.82) is 0 Å². The van der Waals surface area contributed by atoms with Crippen LogP contribution < -0.4 is 16.0 Å². The van der Waals surface area contributed by atoms with Crippen LogP contribution in [0, 0.1) is 6.92 Å². The zero-order chi connectivity index (χ0) is 29.0. The van der Waals surface area contributed by atoms with Crippen LogP contribution >= 0.6 is 0 Å². The third-order valence-electron chi connectivity index (χ3n) is 6.86. The Kier molecular flexibility index (Phi) is 8.22. The van der Waals surface area contributed by atoms with Crippen LogP contribution in [0.15, 0.2) is 60.9 Å². The van der Waals surface area contributed by atoms with Crippen LogP contribution in [0.25, 0.3) is 11.0 Å². The number of pyridine rings is 1. The number of H-pyrrole nitrogens is 1. The molecule has 0 atom stereocenters. The number of benzene rings is 2. The Morgan fingerprint density at radius 1 is 1.05 bits per heavy atom. The summed E-state index contributed by atoms with van der Waals surface area (Å²) in [5, 5.41) is 9.68. The molecule has 3 heterocycles. The molecule has 1 saturated heterocycles. The molecule has 0 bridgehead atoms. The minimum atomic E-state index is -4.56. The van der Waals surface area contributed by atoms with Crippen LogP contribution in [0.5, 0.6) is 0 Å². The van der Waals surface area contributed by atoms with Gasteiger partial charge in [0.25, 0.3) is 11.8 Å². The summed E-state index contributed by atoms with van der Waals surface area (Å²) in [4.78, 5) is 35.9. The van der Waals surface area contributed by atoms with E-state index in [4.69, 9.17) is 4.74 Å². The third-order valence-corrected chi connectivity index (χ3v) is 6.86.